The van der Waals surface area contributed by atoms with Crippen LogP contribution >= 0.6 is 11.8 Å². The van der Waals surface area contributed by atoms with Gasteiger partial charge in [-0.2, -0.15) is 9.57 Å². The number of rotatable bonds is 3. The number of benzene rings is 1. The van der Waals surface area contributed by atoms with Crippen molar-refractivity contribution in [2.75, 3.05) is 26.0 Å². The number of sulfonamides is 1. The number of hydrogen-bond acceptors (Lipinski definition) is 6. The van der Waals surface area contributed by atoms with Gasteiger partial charge in [-0.1, -0.05) is 12.1 Å². The minimum atomic E-state index is -3.79. The molecule has 0 radical (unpaired) electrons. The van der Waals surface area contributed by atoms with Gasteiger partial charge >= 0.3 is 5.97 Å². The summed E-state index contributed by atoms with van der Waals surface area (Å²) in [6.07, 6.45) is 0. The summed E-state index contributed by atoms with van der Waals surface area (Å²) in [5.41, 5.74) is 0.102. The van der Waals surface area contributed by atoms with Crippen molar-refractivity contribution in [2.45, 2.75) is 10.1 Å². The second-order valence-electron chi connectivity index (χ2n) is 4.35. The Morgan fingerprint density at radius 2 is 2.19 bits per heavy atom. The van der Waals surface area contributed by atoms with E-state index in [-0.39, 0.29) is 17.0 Å². The summed E-state index contributed by atoms with van der Waals surface area (Å²) in [6, 6.07) is 7.94. The zero-order valence-electron chi connectivity index (χ0n) is 11.4. The first-order chi connectivity index (χ1) is 10.0. The van der Waals surface area contributed by atoms with Gasteiger partial charge in [0.1, 0.15) is 11.3 Å². The van der Waals surface area contributed by atoms with Crippen LogP contribution in [0.15, 0.2) is 29.2 Å². The van der Waals surface area contributed by atoms with Crippen molar-refractivity contribution >= 4 is 27.8 Å². The first-order valence-electron chi connectivity index (χ1n) is 6.19. The Morgan fingerprint density at radius 3 is 2.86 bits per heavy atom. The molecule has 6 nitrogen and oxygen atoms in total. The van der Waals surface area contributed by atoms with Gasteiger partial charge in [0.05, 0.1) is 17.6 Å². The predicted octanol–water partition coefficient (Wildman–Crippen LogP) is 0.837. The van der Waals surface area contributed by atoms with Gasteiger partial charge in [-0.05, 0) is 12.1 Å². The number of carbonyl (C=O) groups excluding carboxylic acids is 1. The van der Waals surface area contributed by atoms with Gasteiger partial charge in [-0.3, -0.25) is 4.79 Å². The summed E-state index contributed by atoms with van der Waals surface area (Å²) < 4.78 is 31.2. The fourth-order valence-electron chi connectivity index (χ4n) is 2.04. The molecule has 0 N–H and O–H groups in total. The van der Waals surface area contributed by atoms with Crippen LogP contribution in [0.3, 0.4) is 0 Å². The number of nitriles is 1. The number of nitrogens with zero attached hydrogens (tertiary/aromatic N) is 2. The van der Waals surface area contributed by atoms with Gasteiger partial charge < -0.3 is 4.74 Å². The monoisotopic (exact) mass is 326 g/mol. The Kier molecular flexibility index (Phi) is 4.88. The van der Waals surface area contributed by atoms with Crippen LogP contribution in [0.25, 0.3) is 0 Å². The summed E-state index contributed by atoms with van der Waals surface area (Å²) in [4.78, 5) is 11.6. The molecule has 1 aromatic carbocycles. The summed E-state index contributed by atoms with van der Waals surface area (Å²) in [6.45, 7) is 0.361. The molecule has 2 rings (SSSR count). The zero-order chi connectivity index (χ0) is 15.5. The molecule has 1 aliphatic rings. The summed E-state index contributed by atoms with van der Waals surface area (Å²) in [7, 11) is -2.51. The van der Waals surface area contributed by atoms with Crippen molar-refractivity contribution in [1.29, 1.82) is 5.26 Å². The van der Waals surface area contributed by atoms with Crippen molar-refractivity contribution in [3.63, 3.8) is 0 Å². The molecule has 1 heterocycles. The van der Waals surface area contributed by atoms with Crippen molar-refractivity contribution in [3.8, 4) is 6.07 Å². The summed E-state index contributed by atoms with van der Waals surface area (Å²) >= 11 is 1.38. The number of hydrogen-bond donors (Lipinski definition) is 0. The van der Waals surface area contributed by atoms with E-state index in [4.69, 9.17) is 5.26 Å². The lowest BCUT2D eigenvalue weighted by atomic mass is 10.2. The molecule has 1 atom stereocenters. The third-order valence-electron chi connectivity index (χ3n) is 3.12. The third-order valence-corrected chi connectivity index (χ3v) is 6.20. The average molecular weight is 326 g/mol. The lowest BCUT2D eigenvalue weighted by Crippen LogP contribution is -2.45. The maximum absolute atomic E-state index is 12.6. The Balaban J connectivity index is 2.31. The molecular formula is C13H14N2O4S2. The minimum absolute atomic E-state index is 0.0250. The van der Waals surface area contributed by atoms with Gasteiger partial charge in [-0.25, -0.2) is 8.42 Å². The first-order valence-corrected chi connectivity index (χ1v) is 8.68. The summed E-state index contributed by atoms with van der Waals surface area (Å²) in [5, 5.41) is 8.51. The van der Waals surface area contributed by atoms with E-state index in [1.807, 2.05) is 6.07 Å². The lowest BCUT2D eigenvalue weighted by molar-refractivity contribution is -0.140. The van der Waals surface area contributed by atoms with Gasteiger partial charge in [0.15, 0.2) is 0 Å². The van der Waals surface area contributed by atoms with Crippen molar-refractivity contribution in [1.82, 2.24) is 4.31 Å². The molecule has 0 amide bonds. The number of carbonyl (C=O) groups is 1. The highest BCUT2D eigenvalue weighted by atomic mass is 32.2. The standard InChI is InChI=1S/C13H14N2O4S2/c1-19-13(16)11-9-15(6-7-20-11)21(17,18)12-5-3-2-4-10(12)8-14/h2-5,11H,6-7,9H2,1H3/t11-/m1/s1. The van der Waals surface area contributed by atoms with Crippen molar-refractivity contribution in [3.05, 3.63) is 29.8 Å². The van der Waals surface area contributed by atoms with E-state index in [2.05, 4.69) is 4.74 Å². The maximum atomic E-state index is 12.6. The van der Waals surface area contributed by atoms with E-state index in [9.17, 15) is 13.2 Å². The van der Waals surface area contributed by atoms with E-state index in [0.717, 1.165) is 0 Å². The minimum Gasteiger partial charge on any atom is -0.468 e. The van der Waals surface area contributed by atoms with Crippen LogP contribution in [-0.2, 0) is 19.6 Å². The molecule has 0 unspecified atom stereocenters. The van der Waals surface area contributed by atoms with Crippen molar-refractivity contribution < 1.29 is 17.9 Å². The predicted molar refractivity (Wildman–Crippen MR) is 78.2 cm³/mol. The SMILES string of the molecule is COC(=O)[C@H]1CN(S(=O)(=O)c2ccccc2C#N)CCS1. The van der Waals surface area contributed by atoms with E-state index in [1.54, 1.807) is 12.1 Å². The molecule has 0 saturated carbocycles. The molecule has 0 spiro atoms. The molecule has 21 heavy (non-hydrogen) atoms. The smallest absolute Gasteiger partial charge is 0.320 e. The van der Waals surface area contributed by atoms with E-state index < -0.39 is 21.2 Å². The Bertz CT molecular complexity index is 682. The van der Waals surface area contributed by atoms with Crippen LogP contribution in [0.5, 0.6) is 0 Å². The van der Waals surface area contributed by atoms with Crippen LogP contribution in [0.4, 0.5) is 0 Å². The Hall–Kier alpha value is -1.56. The van der Waals surface area contributed by atoms with Gasteiger partial charge in [0.25, 0.3) is 0 Å². The fourth-order valence-corrected chi connectivity index (χ4v) is 4.98. The van der Waals surface area contributed by atoms with Gasteiger partial charge in [0.2, 0.25) is 10.0 Å². The van der Waals surface area contributed by atoms with Crippen LogP contribution in [0.2, 0.25) is 0 Å². The third kappa shape index (κ3) is 3.20. The molecular weight excluding hydrogens is 312 g/mol. The molecule has 112 valence electrons. The second-order valence-corrected chi connectivity index (χ2v) is 7.57. The average Bonchev–Trinajstić information content (AvgIpc) is 2.54. The number of esters is 1. The largest absolute Gasteiger partial charge is 0.468 e. The Labute approximate surface area is 127 Å². The van der Waals surface area contributed by atoms with Crippen LogP contribution in [-0.4, -0.2) is 49.9 Å². The zero-order valence-corrected chi connectivity index (χ0v) is 13.0. The molecule has 1 fully saturated rings. The van der Waals surface area contributed by atoms with Crippen molar-refractivity contribution in [2.24, 2.45) is 0 Å². The molecule has 0 aliphatic carbocycles. The van der Waals surface area contributed by atoms with Gasteiger partial charge in [0, 0.05) is 18.8 Å². The van der Waals surface area contributed by atoms with Gasteiger partial charge in [-0.15, -0.1) is 11.8 Å². The normalized spacial score (nSPS) is 19.7. The highest BCUT2D eigenvalue weighted by Crippen LogP contribution is 2.26. The van der Waals surface area contributed by atoms with Crippen LogP contribution < -0.4 is 0 Å². The maximum Gasteiger partial charge on any atom is 0.320 e. The van der Waals surface area contributed by atoms with Crippen LogP contribution in [0.1, 0.15) is 5.56 Å². The van der Waals surface area contributed by atoms with Crippen LogP contribution in [0, 0.1) is 11.3 Å². The molecule has 1 aromatic rings. The quantitative estimate of drug-likeness (QED) is 0.765. The van der Waals surface area contributed by atoms with E-state index in [1.165, 1.54) is 35.3 Å². The van der Waals surface area contributed by atoms with E-state index >= 15 is 0 Å². The highest BCUT2D eigenvalue weighted by molar-refractivity contribution is 8.00. The number of methoxy groups -OCH3 is 1. The van der Waals surface area contributed by atoms with E-state index in [0.29, 0.717) is 12.3 Å². The topological polar surface area (TPSA) is 87.5 Å². The second kappa shape index (κ2) is 6.47. The molecule has 1 aliphatic heterocycles. The number of thioether (sulfide) groups is 1. The summed E-state index contributed by atoms with van der Waals surface area (Å²) in [5.74, 6) is 0.0711. The molecule has 1 saturated heterocycles. The molecule has 0 aromatic heterocycles. The lowest BCUT2D eigenvalue weighted by Gasteiger charge is -2.30. The number of ether oxygens (including phenoxy) is 1. The first kappa shape index (κ1) is 15.8. The Morgan fingerprint density at radius 1 is 1.48 bits per heavy atom. The highest BCUT2D eigenvalue weighted by Gasteiger charge is 2.35. The molecule has 8 heteroatoms. The molecule has 0 bridgehead atoms. The fraction of sp³-hybridized carbons (Fsp3) is 0.385.